The highest BCUT2D eigenvalue weighted by Gasteiger charge is 2.51. The molecule has 1 aromatic rings. The molecule has 0 N–H and O–H groups in total. The molecule has 5 nitrogen and oxygen atoms in total. The van der Waals surface area contributed by atoms with Gasteiger partial charge >= 0.3 is 7.12 Å². The third-order valence-electron chi connectivity index (χ3n) is 4.48. The van der Waals surface area contributed by atoms with Crippen molar-refractivity contribution in [1.29, 1.82) is 0 Å². The van der Waals surface area contributed by atoms with Crippen molar-refractivity contribution < 1.29 is 29.1 Å². The van der Waals surface area contributed by atoms with E-state index in [1.54, 1.807) is 0 Å². The number of methoxy groups -OCH3 is 1. The Morgan fingerprint density at radius 2 is 1.71 bits per heavy atom. The van der Waals surface area contributed by atoms with Gasteiger partial charge in [-0.2, -0.15) is 0 Å². The Labute approximate surface area is 161 Å². The van der Waals surface area contributed by atoms with E-state index in [9.17, 15) is 0 Å². The van der Waals surface area contributed by atoms with Gasteiger partial charge in [0, 0.05) is 47.3 Å². The van der Waals surface area contributed by atoms with Crippen LogP contribution in [0.2, 0.25) is 0 Å². The predicted octanol–water partition coefficient (Wildman–Crippen LogP) is 1.75. The van der Waals surface area contributed by atoms with E-state index in [-0.39, 0.29) is 21.2 Å². The molecule has 2 heterocycles. The van der Waals surface area contributed by atoms with Crippen LogP contribution in [0.5, 0.6) is 5.75 Å². The van der Waals surface area contributed by atoms with Crippen LogP contribution in [0.4, 0.5) is 5.69 Å². The molecule has 0 atom stereocenters. The van der Waals surface area contributed by atoms with Crippen molar-refractivity contribution in [2.45, 2.75) is 38.9 Å². The van der Waals surface area contributed by atoms with Gasteiger partial charge in [-0.15, -0.1) is 0 Å². The molecule has 1 aromatic carbocycles. The summed E-state index contributed by atoms with van der Waals surface area (Å²) < 4.78 is 107. The second-order valence-electron chi connectivity index (χ2n) is 6.67. The van der Waals surface area contributed by atoms with E-state index < -0.39 is 51.3 Å². The molecule has 2 aliphatic heterocycles. The topological polar surface area (TPSA) is 34.2 Å². The number of anilines is 1. The largest absolute Gasteiger partial charge is 0.497 e. The van der Waals surface area contributed by atoms with Gasteiger partial charge in [0.2, 0.25) is 0 Å². The third kappa shape index (κ3) is 3.28. The summed E-state index contributed by atoms with van der Waals surface area (Å²) in [5, 5.41) is 0. The molecule has 0 saturated carbocycles. The van der Waals surface area contributed by atoms with Crippen LogP contribution in [0.1, 0.15) is 42.8 Å². The second-order valence-corrected chi connectivity index (χ2v) is 6.67. The van der Waals surface area contributed by atoms with Crippen molar-refractivity contribution >= 4 is 18.3 Å². The zero-order valence-corrected chi connectivity index (χ0v) is 14.4. The summed E-state index contributed by atoms with van der Waals surface area (Å²) in [6.45, 7) is -9.87. The fourth-order valence-corrected chi connectivity index (χ4v) is 2.35. The van der Waals surface area contributed by atoms with Crippen LogP contribution >= 0.6 is 0 Å². The SMILES string of the molecule is [2H]C([2H])([2H])N1C([2H])([2H])C([2H])([2H])N(c2cc(OC)cc(B3OC(C)(C)C(C)(C)O3)c2)C([2H])([2H])C1([2H])[2H]. The van der Waals surface area contributed by atoms with E-state index in [2.05, 4.69) is 0 Å². The lowest BCUT2D eigenvalue weighted by molar-refractivity contribution is 0.00578. The maximum absolute atomic E-state index is 8.52. The fourth-order valence-electron chi connectivity index (χ4n) is 2.35. The van der Waals surface area contributed by atoms with Crippen LogP contribution < -0.4 is 15.1 Å². The molecule has 0 amide bonds. The van der Waals surface area contributed by atoms with Crippen LogP contribution in [-0.4, -0.2) is 63.3 Å². The molecule has 3 rings (SSSR count). The van der Waals surface area contributed by atoms with Gasteiger partial charge in [-0.25, -0.2) is 0 Å². The minimum atomic E-state index is -3.49. The van der Waals surface area contributed by atoms with Crippen LogP contribution in [0.25, 0.3) is 0 Å². The van der Waals surface area contributed by atoms with Crippen molar-refractivity contribution in [1.82, 2.24) is 4.90 Å². The molecular weight excluding hydrogens is 303 g/mol. The highest BCUT2D eigenvalue weighted by Crippen LogP contribution is 2.37. The molecule has 6 heteroatoms. The highest BCUT2D eigenvalue weighted by molar-refractivity contribution is 6.62. The molecular formula is C18H29BN2O3. The Hall–Kier alpha value is -1.24. The van der Waals surface area contributed by atoms with E-state index in [0.29, 0.717) is 5.46 Å². The number of piperazine rings is 1. The summed E-state index contributed by atoms with van der Waals surface area (Å²) in [6.07, 6.45) is 0. The van der Waals surface area contributed by atoms with Crippen molar-refractivity contribution in [3.63, 3.8) is 0 Å². The van der Waals surface area contributed by atoms with E-state index >= 15 is 0 Å². The minimum absolute atomic E-state index is 0.123. The Morgan fingerprint density at radius 1 is 1.08 bits per heavy atom. The molecule has 2 aliphatic rings. The minimum Gasteiger partial charge on any atom is -0.497 e. The lowest BCUT2D eigenvalue weighted by Gasteiger charge is -2.34. The number of likely N-dealkylation sites (N-methyl/N-ethyl adjacent to an activating group) is 1. The first-order chi connectivity index (χ1) is 15.4. The van der Waals surface area contributed by atoms with Crippen LogP contribution in [0, 0.1) is 0 Å². The Kier molecular flexibility index (Phi) is 2.19. The molecule has 24 heavy (non-hydrogen) atoms. The van der Waals surface area contributed by atoms with Gasteiger partial charge in [-0.3, -0.25) is 0 Å². The number of rotatable bonds is 3. The average Bonchev–Trinajstić information content (AvgIpc) is 2.85. The summed E-state index contributed by atoms with van der Waals surface area (Å²) in [4.78, 5) is -0.0850. The number of benzene rings is 1. The first kappa shape index (κ1) is 8.43. The van der Waals surface area contributed by atoms with Crippen molar-refractivity contribution in [3.8, 4) is 5.75 Å². The van der Waals surface area contributed by atoms with E-state index in [0.717, 1.165) is 0 Å². The highest BCUT2D eigenvalue weighted by atomic mass is 16.7. The third-order valence-corrected chi connectivity index (χ3v) is 4.48. The molecule has 0 radical (unpaired) electrons. The summed E-state index contributed by atoms with van der Waals surface area (Å²) in [5.74, 6) is 0.123. The molecule has 2 fully saturated rings. The molecule has 0 bridgehead atoms. The molecule has 0 aromatic heterocycles. The summed E-state index contributed by atoms with van der Waals surface area (Å²) in [6, 6.07) is 4.03. The lowest BCUT2D eigenvalue weighted by atomic mass is 9.78. The van der Waals surface area contributed by atoms with Gasteiger partial charge in [-0.1, -0.05) is 0 Å². The number of hydrogen-bond donors (Lipinski definition) is 0. The van der Waals surface area contributed by atoms with Crippen molar-refractivity contribution in [3.05, 3.63) is 18.2 Å². The summed E-state index contributed by atoms with van der Waals surface area (Å²) in [7, 11) is 0.351. The maximum atomic E-state index is 8.52. The first-order valence-electron chi connectivity index (χ1n) is 13.1. The van der Waals surface area contributed by atoms with E-state index in [1.165, 1.54) is 25.3 Å². The number of ether oxygens (including phenoxy) is 1. The van der Waals surface area contributed by atoms with Crippen LogP contribution in [-0.2, 0) is 9.31 Å². The second kappa shape index (κ2) is 6.25. The summed E-state index contributed by atoms with van der Waals surface area (Å²) in [5.41, 5.74) is -1.46. The standard InChI is InChI=1S/C18H29BN2O3/c1-17(2)18(3,4)24-19(23-17)14-11-15(13-16(12-14)22-6)21-9-7-20(5)8-10-21/h11-13H,7-10H2,1-6H3/i5D3,7D2,8D2,9D2,10D2. The fraction of sp³-hybridized carbons (Fsp3) is 0.667. The smallest absolute Gasteiger partial charge is 0.495 e. The number of hydrogen-bond acceptors (Lipinski definition) is 5. The van der Waals surface area contributed by atoms with E-state index in [1.807, 2.05) is 27.7 Å². The van der Waals surface area contributed by atoms with Crippen molar-refractivity contribution in [2.24, 2.45) is 0 Å². The molecule has 0 aliphatic carbocycles. The normalized spacial score (nSPS) is 39.3. The van der Waals surface area contributed by atoms with Gasteiger partial charge < -0.3 is 23.8 Å². The van der Waals surface area contributed by atoms with E-state index in [4.69, 9.17) is 29.1 Å². The van der Waals surface area contributed by atoms with Gasteiger partial charge in [0.25, 0.3) is 0 Å². The summed E-state index contributed by atoms with van der Waals surface area (Å²) >= 11 is 0. The molecule has 2 saturated heterocycles. The monoisotopic (exact) mass is 343 g/mol. The Balaban J connectivity index is 2.23. The zero-order chi connectivity index (χ0) is 27.2. The number of nitrogens with zero attached hydrogens (tertiary/aromatic N) is 2. The molecule has 0 unspecified atom stereocenters. The molecule has 0 spiro atoms. The average molecular weight is 343 g/mol. The lowest BCUT2D eigenvalue weighted by Crippen LogP contribution is -2.45. The maximum Gasteiger partial charge on any atom is 0.495 e. The molecule has 132 valence electrons. The van der Waals surface area contributed by atoms with Gasteiger partial charge in [-0.05, 0) is 52.3 Å². The van der Waals surface area contributed by atoms with Gasteiger partial charge in [0.1, 0.15) is 5.75 Å². The zero-order valence-electron chi connectivity index (χ0n) is 25.4. The predicted molar refractivity (Wildman–Crippen MR) is 98.4 cm³/mol. The van der Waals surface area contributed by atoms with Gasteiger partial charge in [0.05, 0.1) is 23.8 Å². The quantitative estimate of drug-likeness (QED) is 0.781. The Bertz CT molecular complexity index is 956. The Morgan fingerprint density at radius 3 is 2.25 bits per heavy atom. The van der Waals surface area contributed by atoms with Crippen LogP contribution in [0.3, 0.4) is 0 Å². The van der Waals surface area contributed by atoms with Gasteiger partial charge in [0.15, 0.2) is 0 Å². The first-order valence-corrected chi connectivity index (χ1v) is 7.60. The van der Waals surface area contributed by atoms with Crippen LogP contribution in [0.15, 0.2) is 18.2 Å². The van der Waals surface area contributed by atoms with Crippen molar-refractivity contribution in [2.75, 3.05) is 45.0 Å².